The molecule has 4 N–H and O–H groups in total. The van der Waals surface area contributed by atoms with E-state index in [2.05, 4.69) is 15.3 Å². The SMILES string of the molecule is Nc1ncc(Cl)c(NC2(CO)CCOCC2)n1. The number of aliphatic hydroxyl groups excluding tert-OH is 1. The molecule has 2 rings (SSSR count). The number of rotatable bonds is 3. The number of hydrogen-bond acceptors (Lipinski definition) is 6. The Morgan fingerprint density at radius 3 is 2.88 bits per heavy atom. The summed E-state index contributed by atoms with van der Waals surface area (Å²) in [4.78, 5) is 7.82. The molecule has 0 bridgehead atoms. The molecule has 1 aliphatic rings. The molecule has 0 radical (unpaired) electrons. The summed E-state index contributed by atoms with van der Waals surface area (Å²) < 4.78 is 5.28. The van der Waals surface area contributed by atoms with E-state index in [1.807, 2.05) is 0 Å². The molecule has 7 heteroatoms. The summed E-state index contributed by atoms with van der Waals surface area (Å²) in [5.74, 6) is 0.604. The van der Waals surface area contributed by atoms with Crippen molar-refractivity contribution in [2.45, 2.75) is 18.4 Å². The molecular formula is C10H15ClN4O2. The summed E-state index contributed by atoms with van der Waals surface area (Å²) in [7, 11) is 0. The van der Waals surface area contributed by atoms with Gasteiger partial charge in [0.1, 0.15) is 5.02 Å². The molecule has 1 saturated heterocycles. The Balaban J connectivity index is 2.20. The number of aliphatic hydroxyl groups is 1. The first-order chi connectivity index (χ1) is 8.15. The Bertz CT molecular complexity index is 396. The van der Waals surface area contributed by atoms with Crippen molar-refractivity contribution in [1.82, 2.24) is 9.97 Å². The van der Waals surface area contributed by atoms with Gasteiger partial charge in [0.05, 0.1) is 18.3 Å². The zero-order valence-electron chi connectivity index (χ0n) is 9.32. The number of nitrogen functional groups attached to an aromatic ring is 1. The number of hydrogen-bond donors (Lipinski definition) is 3. The van der Waals surface area contributed by atoms with Gasteiger partial charge in [0.15, 0.2) is 5.82 Å². The highest BCUT2D eigenvalue weighted by Crippen LogP contribution is 2.28. The normalized spacial score (nSPS) is 18.9. The van der Waals surface area contributed by atoms with Gasteiger partial charge in [-0.25, -0.2) is 4.98 Å². The number of nitrogens with one attached hydrogen (secondary N) is 1. The second-order valence-electron chi connectivity index (χ2n) is 4.10. The van der Waals surface area contributed by atoms with Crippen LogP contribution in [0.3, 0.4) is 0 Å². The van der Waals surface area contributed by atoms with Crippen LogP contribution in [-0.2, 0) is 4.74 Å². The van der Waals surface area contributed by atoms with Crippen LogP contribution in [-0.4, -0.2) is 40.4 Å². The van der Waals surface area contributed by atoms with Crippen molar-refractivity contribution in [2.24, 2.45) is 0 Å². The van der Waals surface area contributed by atoms with Gasteiger partial charge in [-0.3, -0.25) is 0 Å². The molecular weight excluding hydrogens is 244 g/mol. The average Bonchev–Trinajstić information content (AvgIpc) is 2.35. The van der Waals surface area contributed by atoms with Gasteiger partial charge in [-0.1, -0.05) is 11.6 Å². The predicted octanol–water partition coefficient (Wildman–Crippen LogP) is 0.666. The number of halogens is 1. The Hall–Kier alpha value is -1.11. The van der Waals surface area contributed by atoms with Crippen molar-refractivity contribution in [3.63, 3.8) is 0 Å². The largest absolute Gasteiger partial charge is 0.394 e. The maximum absolute atomic E-state index is 9.53. The topological polar surface area (TPSA) is 93.3 Å². The van der Waals surface area contributed by atoms with E-state index < -0.39 is 5.54 Å². The van der Waals surface area contributed by atoms with Crippen LogP contribution < -0.4 is 11.1 Å². The second kappa shape index (κ2) is 5.03. The van der Waals surface area contributed by atoms with Gasteiger partial charge in [-0.05, 0) is 12.8 Å². The van der Waals surface area contributed by atoms with E-state index in [0.29, 0.717) is 36.9 Å². The van der Waals surface area contributed by atoms with Gasteiger partial charge in [0, 0.05) is 13.2 Å². The van der Waals surface area contributed by atoms with Crippen LogP contribution in [0.2, 0.25) is 5.02 Å². The van der Waals surface area contributed by atoms with Crippen molar-refractivity contribution in [3.8, 4) is 0 Å². The third-order valence-corrected chi connectivity index (χ3v) is 3.18. The summed E-state index contributed by atoms with van der Waals surface area (Å²) in [5.41, 5.74) is 5.07. The summed E-state index contributed by atoms with van der Waals surface area (Å²) in [6, 6.07) is 0. The molecule has 1 fully saturated rings. The molecule has 0 atom stereocenters. The third kappa shape index (κ3) is 2.77. The quantitative estimate of drug-likeness (QED) is 0.738. The van der Waals surface area contributed by atoms with Gasteiger partial charge >= 0.3 is 0 Å². The molecule has 17 heavy (non-hydrogen) atoms. The molecule has 0 amide bonds. The van der Waals surface area contributed by atoms with Crippen molar-refractivity contribution < 1.29 is 9.84 Å². The van der Waals surface area contributed by atoms with Crippen LogP contribution in [0.1, 0.15) is 12.8 Å². The monoisotopic (exact) mass is 258 g/mol. The van der Waals surface area contributed by atoms with Gasteiger partial charge < -0.3 is 20.9 Å². The van der Waals surface area contributed by atoms with E-state index in [0.717, 1.165) is 0 Å². The highest BCUT2D eigenvalue weighted by atomic mass is 35.5. The van der Waals surface area contributed by atoms with E-state index in [-0.39, 0.29) is 12.6 Å². The molecule has 1 aliphatic heterocycles. The molecule has 0 aromatic carbocycles. The summed E-state index contributed by atoms with van der Waals surface area (Å²) in [5, 5.41) is 13.1. The van der Waals surface area contributed by atoms with E-state index in [4.69, 9.17) is 22.1 Å². The number of ether oxygens (including phenoxy) is 1. The van der Waals surface area contributed by atoms with E-state index in [1.54, 1.807) is 0 Å². The second-order valence-corrected chi connectivity index (χ2v) is 4.51. The molecule has 1 aromatic rings. The number of nitrogens with zero attached hydrogens (tertiary/aromatic N) is 2. The number of nitrogens with two attached hydrogens (primary N) is 1. The zero-order chi connectivity index (χ0) is 12.3. The van der Waals surface area contributed by atoms with Crippen LogP contribution in [0, 0.1) is 0 Å². The molecule has 0 spiro atoms. The lowest BCUT2D eigenvalue weighted by molar-refractivity contribution is 0.0378. The van der Waals surface area contributed by atoms with Gasteiger partial charge in [0.2, 0.25) is 5.95 Å². The molecule has 94 valence electrons. The van der Waals surface area contributed by atoms with Crippen LogP contribution in [0.25, 0.3) is 0 Å². The molecule has 1 aromatic heterocycles. The van der Waals surface area contributed by atoms with Crippen LogP contribution >= 0.6 is 11.6 Å². The van der Waals surface area contributed by atoms with Crippen molar-refractivity contribution >= 4 is 23.4 Å². The van der Waals surface area contributed by atoms with Crippen molar-refractivity contribution in [3.05, 3.63) is 11.2 Å². The van der Waals surface area contributed by atoms with Gasteiger partial charge in [-0.2, -0.15) is 4.98 Å². The lowest BCUT2D eigenvalue weighted by Gasteiger charge is -2.36. The molecule has 0 aliphatic carbocycles. The minimum absolute atomic E-state index is 0.00338. The van der Waals surface area contributed by atoms with E-state index in [9.17, 15) is 5.11 Å². The van der Waals surface area contributed by atoms with Gasteiger partial charge in [0.25, 0.3) is 0 Å². The standard InChI is InChI=1S/C10H15ClN4O2/c11-7-5-13-9(12)14-8(7)15-10(6-16)1-3-17-4-2-10/h5,16H,1-4,6H2,(H3,12,13,14,15). The number of aromatic nitrogens is 2. The summed E-state index contributed by atoms with van der Waals surface area (Å²) in [6.07, 6.45) is 2.84. The van der Waals surface area contributed by atoms with E-state index in [1.165, 1.54) is 6.20 Å². The maximum atomic E-state index is 9.53. The molecule has 0 saturated carbocycles. The van der Waals surface area contributed by atoms with Crippen molar-refractivity contribution in [1.29, 1.82) is 0 Å². The summed E-state index contributed by atoms with van der Waals surface area (Å²) >= 11 is 5.98. The lowest BCUT2D eigenvalue weighted by Crippen LogP contribution is -2.47. The fourth-order valence-electron chi connectivity index (χ4n) is 1.80. The highest BCUT2D eigenvalue weighted by molar-refractivity contribution is 6.32. The minimum atomic E-state index is -0.442. The summed E-state index contributed by atoms with van der Waals surface area (Å²) in [6.45, 7) is 1.20. The fraction of sp³-hybridized carbons (Fsp3) is 0.600. The molecule has 6 nitrogen and oxygen atoms in total. The molecule has 0 unspecified atom stereocenters. The number of anilines is 2. The van der Waals surface area contributed by atoms with E-state index >= 15 is 0 Å². The lowest BCUT2D eigenvalue weighted by atomic mass is 9.91. The first-order valence-corrected chi connectivity index (χ1v) is 5.78. The van der Waals surface area contributed by atoms with Crippen LogP contribution in [0.15, 0.2) is 6.20 Å². The smallest absolute Gasteiger partial charge is 0.222 e. The maximum Gasteiger partial charge on any atom is 0.222 e. The molecule has 2 heterocycles. The fourth-order valence-corrected chi connectivity index (χ4v) is 1.94. The first-order valence-electron chi connectivity index (χ1n) is 5.40. The third-order valence-electron chi connectivity index (χ3n) is 2.90. The first kappa shape index (κ1) is 12.3. The minimum Gasteiger partial charge on any atom is -0.394 e. The van der Waals surface area contributed by atoms with Crippen molar-refractivity contribution in [2.75, 3.05) is 30.9 Å². The Labute approximate surface area is 104 Å². The zero-order valence-corrected chi connectivity index (χ0v) is 10.1. The average molecular weight is 259 g/mol. The van der Waals surface area contributed by atoms with Gasteiger partial charge in [-0.15, -0.1) is 0 Å². The Kier molecular flexibility index (Phi) is 3.66. The predicted molar refractivity (Wildman–Crippen MR) is 64.9 cm³/mol. The Morgan fingerprint density at radius 1 is 1.53 bits per heavy atom. The van der Waals surface area contributed by atoms with Crippen LogP contribution in [0.4, 0.5) is 11.8 Å². The highest BCUT2D eigenvalue weighted by Gasteiger charge is 2.32. The Morgan fingerprint density at radius 2 is 2.24 bits per heavy atom. The van der Waals surface area contributed by atoms with Crippen LogP contribution in [0.5, 0.6) is 0 Å².